The normalized spacial score (nSPS) is 25.3. The molecule has 7 heteroatoms. The molecule has 6 aliphatic rings. The summed E-state index contributed by atoms with van der Waals surface area (Å²) in [5, 5.41) is 12.1. The second kappa shape index (κ2) is 9.28. The number of hydrogen-bond acceptors (Lipinski definition) is 7. The van der Waals surface area contributed by atoms with Crippen molar-refractivity contribution in [2.24, 2.45) is 0 Å². The fraction of sp³-hybridized carbons (Fsp3) is 0.433. The standard InChI is InChI=1S/C30H27NS6/c1-32-22-13-12-20(35-22)19-10-11-21(34-19)27-23-15-2-4-16(5-3-15)24(23)28(36-27)29-25-17-6-8-18(9-7-17)26(25)30(37-29)33-14-31/h10-13,15-18H,2-9H2,1H3. The molecule has 0 saturated heterocycles. The Morgan fingerprint density at radius 1 is 0.622 bits per heavy atom. The summed E-state index contributed by atoms with van der Waals surface area (Å²) >= 11 is 11.3. The van der Waals surface area contributed by atoms with Gasteiger partial charge in [-0.1, -0.05) is 0 Å². The molecule has 0 aromatic carbocycles. The smallest absolute Gasteiger partial charge is 0.139 e. The minimum absolute atomic E-state index is 0.685. The highest BCUT2D eigenvalue weighted by Gasteiger charge is 2.43. The van der Waals surface area contributed by atoms with Gasteiger partial charge < -0.3 is 0 Å². The van der Waals surface area contributed by atoms with E-state index in [1.165, 1.54) is 86.2 Å². The first-order valence-corrected chi connectivity index (χ1v) is 18.7. The van der Waals surface area contributed by atoms with Crippen molar-refractivity contribution in [1.82, 2.24) is 0 Å². The van der Waals surface area contributed by atoms with Gasteiger partial charge in [-0.25, -0.2) is 0 Å². The fourth-order valence-electron chi connectivity index (χ4n) is 7.63. The number of hydrogen-bond donors (Lipinski definition) is 0. The molecule has 0 unspecified atom stereocenters. The van der Waals surface area contributed by atoms with Crippen molar-refractivity contribution in [1.29, 1.82) is 5.26 Å². The van der Waals surface area contributed by atoms with Crippen LogP contribution in [0, 0.1) is 10.7 Å². The largest absolute Gasteiger partial charge is 0.185 e. The highest BCUT2D eigenvalue weighted by atomic mass is 32.2. The Morgan fingerprint density at radius 3 is 1.76 bits per heavy atom. The SMILES string of the molecule is CSc1ccc(-c2ccc(-c3sc(-c4sc(SC#N)c5c4C4CCC5CC4)c4c3C3CCC4CC3)s2)s1. The van der Waals surface area contributed by atoms with E-state index >= 15 is 0 Å². The van der Waals surface area contributed by atoms with E-state index in [1.54, 1.807) is 36.9 Å². The Bertz CT molecular complexity index is 1540. The monoisotopic (exact) mass is 593 g/mol. The van der Waals surface area contributed by atoms with Gasteiger partial charge >= 0.3 is 0 Å². The third kappa shape index (κ3) is 3.66. The molecular weight excluding hydrogens is 567 g/mol. The molecule has 0 N–H and O–H groups in total. The van der Waals surface area contributed by atoms with E-state index in [-0.39, 0.29) is 0 Å². The van der Waals surface area contributed by atoms with Crippen molar-refractivity contribution < 1.29 is 0 Å². The first kappa shape index (κ1) is 23.8. The van der Waals surface area contributed by atoms with Gasteiger partial charge in [0.25, 0.3) is 0 Å². The van der Waals surface area contributed by atoms with Crippen LogP contribution in [0.2, 0.25) is 0 Å². The van der Waals surface area contributed by atoms with Crippen LogP contribution in [0.3, 0.4) is 0 Å². The zero-order chi connectivity index (χ0) is 24.7. The lowest BCUT2D eigenvalue weighted by Gasteiger charge is -2.39. The van der Waals surface area contributed by atoms with Gasteiger partial charge in [0, 0.05) is 41.0 Å². The van der Waals surface area contributed by atoms with Gasteiger partial charge in [-0.3, -0.25) is 0 Å². The van der Waals surface area contributed by atoms with Crippen molar-refractivity contribution in [3.05, 3.63) is 46.5 Å². The van der Waals surface area contributed by atoms with Crippen LogP contribution in [0.25, 0.3) is 29.3 Å². The summed E-state index contributed by atoms with van der Waals surface area (Å²) in [6, 6.07) is 9.32. The summed E-state index contributed by atoms with van der Waals surface area (Å²) in [7, 11) is 0. The maximum absolute atomic E-state index is 9.64. The minimum Gasteiger partial charge on any atom is -0.185 e. The molecule has 4 heterocycles. The first-order valence-electron chi connectivity index (χ1n) is 13.4. The number of rotatable bonds is 5. The number of thiocyanates is 1. The van der Waals surface area contributed by atoms with Crippen LogP contribution < -0.4 is 0 Å². The van der Waals surface area contributed by atoms with Crippen LogP contribution in [0.5, 0.6) is 0 Å². The Balaban J connectivity index is 1.31. The van der Waals surface area contributed by atoms with Crippen LogP contribution in [-0.2, 0) is 0 Å². The molecule has 0 aliphatic heterocycles. The number of nitrogens with zero attached hydrogens (tertiary/aromatic N) is 1. The van der Waals surface area contributed by atoms with Gasteiger partial charge in [0.05, 0.1) is 8.42 Å². The van der Waals surface area contributed by atoms with E-state index in [9.17, 15) is 5.26 Å². The van der Waals surface area contributed by atoms with E-state index in [0.717, 1.165) is 11.8 Å². The summed E-state index contributed by atoms with van der Waals surface area (Å²) < 4.78 is 2.70. The zero-order valence-electron chi connectivity index (χ0n) is 20.7. The van der Waals surface area contributed by atoms with E-state index in [4.69, 9.17) is 0 Å². The Labute approximate surface area is 243 Å². The number of thiophene rings is 4. The molecule has 6 aliphatic carbocycles. The van der Waals surface area contributed by atoms with Crippen LogP contribution in [0.15, 0.2) is 32.7 Å². The molecule has 0 spiro atoms. The van der Waals surface area contributed by atoms with Gasteiger partial charge in [-0.15, -0.1) is 57.1 Å². The molecule has 4 aromatic rings. The molecule has 37 heavy (non-hydrogen) atoms. The zero-order valence-corrected chi connectivity index (χ0v) is 25.6. The molecule has 2 fully saturated rings. The maximum Gasteiger partial charge on any atom is 0.139 e. The van der Waals surface area contributed by atoms with Gasteiger partial charge in [0.2, 0.25) is 0 Å². The van der Waals surface area contributed by atoms with Gasteiger partial charge in [0.1, 0.15) is 5.40 Å². The van der Waals surface area contributed by atoms with E-state index < -0.39 is 0 Å². The second-order valence-electron chi connectivity index (χ2n) is 10.9. The predicted molar refractivity (Wildman–Crippen MR) is 165 cm³/mol. The third-order valence-electron chi connectivity index (χ3n) is 9.22. The minimum atomic E-state index is 0.685. The third-order valence-corrected chi connectivity index (χ3v) is 16.2. The topological polar surface area (TPSA) is 23.8 Å². The number of thioether (sulfide) groups is 2. The summed E-state index contributed by atoms with van der Waals surface area (Å²) in [5.41, 5.74) is 6.68. The van der Waals surface area contributed by atoms with Crippen molar-refractivity contribution in [3.8, 4) is 34.7 Å². The van der Waals surface area contributed by atoms with Crippen molar-refractivity contribution >= 4 is 68.9 Å². The predicted octanol–water partition coefficient (Wildman–Crippen LogP) is 11.7. The molecule has 4 aromatic heterocycles. The van der Waals surface area contributed by atoms with Crippen LogP contribution >= 0.6 is 68.9 Å². The Hall–Kier alpha value is -1.01. The first-order chi connectivity index (χ1) is 18.2. The summed E-state index contributed by atoms with van der Waals surface area (Å²) in [6.45, 7) is 0. The number of fused-ring (bicyclic) bond motifs is 4. The summed E-state index contributed by atoms with van der Waals surface area (Å²) in [6.07, 6.45) is 13.0. The molecule has 4 bridgehead atoms. The van der Waals surface area contributed by atoms with Gasteiger partial charge in [0.15, 0.2) is 0 Å². The molecule has 1 nitrogen and oxygen atoms in total. The lowest BCUT2D eigenvalue weighted by atomic mass is 9.65. The lowest BCUT2D eigenvalue weighted by Crippen LogP contribution is -2.22. The van der Waals surface area contributed by atoms with Crippen LogP contribution in [0.4, 0.5) is 0 Å². The summed E-state index contributed by atoms with van der Waals surface area (Å²) in [5.74, 6) is 2.85. The van der Waals surface area contributed by atoms with Gasteiger partial charge in [-0.05, 0) is 128 Å². The fourth-order valence-corrected chi connectivity index (χ4v) is 14.2. The highest BCUT2D eigenvalue weighted by Crippen LogP contribution is 2.64. The van der Waals surface area contributed by atoms with Crippen molar-refractivity contribution in [2.75, 3.05) is 6.26 Å². The quantitative estimate of drug-likeness (QED) is 0.170. The van der Waals surface area contributed by atoms with Crippen molar-refractivity contribution in [2.45, 2.75) is 83.5 Å². The lowest BCUT2D eigenvalue weighted by molar-refractivity contribution is 0.357. The van der Waals surface area contributed by atoms with Gasteiger partial charge in [-0.2, -0.15) is 5.26 Å². The molecule has 2 saturated carbocycles. The van der Waals surface area contributed by atoms with Crippen molar-refractivity contribution in [3.63, 3.8) is 0 Å². The molecular formula is C30H27NS6. The average Bonchev–Trinajstić information content (AvgIpc) is 3.74. The van der Waals surface area contributed by atoms with E-state index in [0.29, 0.717) is 11.8 Å². The molecule has 0 amide bonds. The van der Waals surface area contributed by atoms with E-state index in [2.05, 4.69) is 47.3 Å². The van der Waals surface area contributed by atoms with E-state index in [1.807, 2.05) is 45.8 Å². The number of nitriles is 1. The van der Waals surface area contributed by atoms with Crippen LogP contribution in [-0.4, -0.2) is 6.26 Å². The average molecular weight is 594 g/mol. The molecule has 0 radical (unpaired) electrons. The second-order valence-corrected chi connectivity index (χ2v) is 17.3. The maximum atomic E-state index is 9.64. The Morgan fingerprint density at radius 2 is 1.14 bits per heavy atom. The highest BCUT2D eigenvalue weighted by molar-refractivity contribution is 8.05. The Kier molecular flexibility index (Phi) is 5.98. The molecule has 10 rings (SSSR count). The molecule has 188 valence electrons. The van der Waals surface area contributed by atoms with Crippen LogP contribution in [0.1, 0.15) is 97.3 Å². The summed E-state index contributed by atoms with van der Waals surface area (Å²) in [4.78, 5) is 8.98. The molecule has 0 atom stereocenters.